The van der Waals surface area contributed by atoms with E-state index in [2.05, 4.69) is 26.0 Å². The molecule has 10 heteroatoms. The van der Waals surface area contributed by atoms with Crippen LogP contribution in [0.2, 0.25) is 0 Å². The van der Waals surface area contributed by atoms with E-state index < -0.39 is 10.2 Å². The molecule has 0 saturated carbocycles. The molecule has 8 nitrogen and oxygen atoms in total. The fourth-order valence-corrected chi connectivity index (χ4v) is 3.74. The van der Waals surface area contributed by atoms with Crippen molar-refractivity contribution in [3.8, 4) is 34.0 Å². The second-order valence-corrected chi connectivity index (χ2v) is 8.78. The topological polar surface area (TPSA) is 86.6 Å². The molecule has 0 radical (unpaired) electrons. The molecule has 3 heterocycles. The zero-order valence-electron chi connectivity index (χ0n) is 14.5. The van der Waals surface area contributed by atoms with E-state index in [0.717, 1.165) is 14.0 Å². The Morgan fingerprint density at radius 3 is 2.67 bits per heavy atom. The molecule has 1 aliphatic rings. The van der Waals surface area contributed by atoms with E-state index >= 15 is 0 Å². The molecule has 0 amide bonds. The number of hydrogen-bond acceptors (Lipinski definition) is 6. The van der Waals surface area contributed by atoms with Crippen LogP contribution in [-0.4, -0.2) is 47.8 Å². The minimum absolute atomic E-state index is 0.160. The molecule has 2 aromatic heterocycles. The van der Waals surface area contributed by atoms with Gasteiger partial charge in [-0.2, -0.15) is 21.9 Å². The van der Waals surface area contributed by atoms with Crippen LogP contribution in [0.3, 0.4) is 0 Å². The Morgan fingerprint density at radius 2 is 1.93 bits per heavy atom. The third-order valence-electron chi connectivity index (χ3n) is 4.03. The van der Waals surface area contributed by atoms with Crippen molar-refractivity contribution in [2.24, 2.45) is 0 Å². The Balaban J connectivity index is 1.93. The number of rotatable bonds is 4. The van der Waals surface area contributed by atoms with E-state index in [9.17, 15) is 8.42 Å². The Bertz CT molecular complexity index is 1130. The maximum Gasteiger partial charge on any atom is 0.322 e. The summed E-state index contributed by atoms with van der Waals surface area (Å²) < 4.78 is 38.6. The largest absolute Gasteiger partial charge is 0.454 e. The third kappa shape index (κ3) is 3.20. The van der Waals surface area contributed by atoms with Crippen molar-refractivity contribution in [3.05, 3.63) is 47.2 Å². The predicted molar refractivity (Wildman–Crippen MR) is 103 cm³/mol. The van der Waals surface area contributed by atoms with Gasteiger partial charge in [0.2, 0.25) is 6.79 Å². The molecule has 0 aliphatic carbocycles. The number of halogens is 1. The molecule has 1 aliphatic heterocycles. The first-order chi connectivity index (χ1) is 12.9. The van der Waals surface area contributed by atoms with Gasteiger partial charge in [0.05, 0.1) is 11.9 Å². The van der Waals surface area contributed by atoms with Gasteiger partial charge in [-0.05, 0) is 45.8 Å². The zero-order chi connectivity index (χ0) is 19.2. The highest BCUT2D eigenvalue weighted by Gasteiger charge is 2.24. The summed E-state index contributed by atoms with van der Waals surface area (Å²) in [5.74, 6) is 1.25. The summed E-state index contributed by atoms with van der Waals surface area (Å²) in [5, 5.41) is 4.32. The van der Waals surface area contributed by atoms with Crippen LogP contribution in [0, 0.1) is 0 Å². The Morgan fingerprint density at radius 1 is 1.15 bits per heavy atom. The van der Waals surface area contributed by atoms with Gasteiger partial charge in [0.15, 0.2) is 11.5 Å². The molecule has 0 atom stereocenters. The predicted octanol–water partition coefficient (Wildman–Crippen LogP) is 2.76. The van der Waals surface area contributed by atoms with Gasteiger partial charge in [-0.3, -0.25) is 0 Å². The van der Waals surface area contributed by atoms with Crippen LogP contribution in [-0.2, 0) is 10.2 Å². The zero-order valence-corrected chi connectivity index (χ0v) is 16.9. The van der Waals surface area contributed by atoms with Gasteiger partial charge in [-0.1, -0.05) is 12.1 Å². The number of ether oxygens (including phenoxy) is 2. The number of hydrogen-bond donors (Lipinski definition) is 0. The number of pyridine rings is 1. The van der Waals surface area contributed by atoms with E-state index in [0.29, 0.717) is 33.1 Å². The highest BCUT2D eigenvalue weighted by atomic mass is 79.9. The van der Waals surface area contributed by atoms with Gasteiger partial charge in [0.25, 0.3) is 0 Å². The second kappa shape index (κ2) is 6.63. The summed E-state index contributed by atoms with van der Waals surface area (Å²) in [6.45, 7) is 0.160. The van der Waals surface area contributed by atoms with Gasteiger partial charge in [0.1, 0.15) is 10.3 Å². The van der Waals surface area contributed by atoms with Gasteiger partial charge >= 0.3 is 10.2 Å². The van der Waals surface area contributed by atoms with Crippen LogP contribution < -0.4 is 9.47 Å². The van der Waals surface area contributed by atoms with Crippen LogP contribution in [0.1, 0.15) is 0 Å². The minimum atomic E-state index is -3.77. The van der Waals surface area contributed by atoms with Crippen molar-refractivity contribution in [3.63, 3.8) is 0 Å². The quantitative estimate of drug-likeness (QED) is 0.567. The summed E-state index contributed by atoms with van der Waals surface area (Å²) >= 11 is 3.34. The first kappa shape index (κ1) is 18.0. The van der Waals surface area contributed by atoms with Crippen molar-refractivity contribution in [2.45, 2.75) is 0 Å². The Hall–Kier alpha value is -2.43. The van der Waals surface area contributed by atoms with Crippen molar-refractivity contribution in [1.82, 2.24) is 18.5 Å². The molecule has 3 aromatic rings. The maximum absolute atomic E-state index is 12.6. The Kier molecular flexibility index (Phi) is 4.41. The fourth-order valence-electron chi connectivity index (χ4n) is 2.64. The highest BCUT2D eigenvalue weighted by Crippen LogP contribution is 2.38. The van der Waals surface area contributed by atoms with E-state index in [1.54, 1.807) is 24.3 Å². The smallest absolute Gasteiger partial charge is 0.322 e. The summed E-state index contributed by atoms with van der Waals surface area (Å²) in [5.41, 5.74) is 2.35. The standard InChI is InChI=1S/C17H15BrN4O4S/c1-21(2)27(23,24)22-9-12(11-6-7-14-15(8-11)26-10-25-14)17(20-22)13-4-3-5-16(18)19-13/h3-9H,10H2,1-2H3. The first-order valence-electron chi connectivity index (χ1n) is 7.92. The third-order valence-corrected chi connectivity index (χ3v) is 6.06. The average Bonchev–Trinajstić information content (AvgIpc) is 3.28. The first-order valence-corrected chi connectivity index (χ1v) is 10.1. The lowest BCUT2D eigenvalue weighted by atomic mass is 10.0. The van der Waals surface area contributed by atoms with Gasteiger partial charge in [-0.15, -0.1) is 0 Å². The molecule has 0 spiro atoms. The summed E-state index contributed by atoms with van der Waals surface area (Å²) in [6.07, 6.45) is 1.48. The van der Waals surface area contributed by atoms with Gasteiger partial charge < -0.3 is 9.47 Å². The molecule has 1 aromatic carbocycles. The number of nitrogens with zero attached hydrogens (tertiary/aromatic N) is 4. The SMILES string of the molecule is CN(C)S(=O)(=O)n1cc(-c2ccc3c(c2)OCO3)c(-c2cccc(Br)n2)n1. The summed E-state index contributed by atoms with van der Waals surface area (Å²) in [6, 6.07) is 10.8. The van der Waals surface area contributed by atoms with Crippen molar-refractivity contribution >= 4 is 26.1 Å². The molecule has 0 saturated heterocycles. The van der Waals surface area contributed by atoms with Gasteiger partial charge in [-0.25, -0.2) is 4.98 Å². The van der Waals surface area contributed by atoms with Crippen molar-refractivity contribution in [1.29, 1.82) is 0 Å². The maximum atomic E-state index is 12.6. The van der Waals surface area contributed by atoms with Crippen LogP contribution in [0.5, 0.6) is 11.5 Å². The van der Waals surface area contributed by atoms with Crippen molar-refractivity contribution in [2.75, 3.05) is 20.9 Å². The highest BCUT2D eigenvalue weighted by molar-refractivity contribution is 9.10. The molecule has 4 rings (SSSR count). The molecular weight excluding hydrogens is 436 g/mol. The molecule has 140 valence electrons. The van der Waals surface area contributed by atoms with E-state index in [4.69, 9.17) is 9.47 Å². The van der Waals surface area contributed by atoms with E-state index in [-0.39, 0.29) is 6.79 Å². The number of aromatic nitrogens is 3. The normalized spacial score (nSPS) is 13.3. The van der Waals surface area contributed by atoms with Crippen LogP contribution in [0.15, 0.2) is 47.2 Å². The summed E-state index contributed by atoms with van der Waals surface area (Å²) in [4.78, 5) is 4.42. The molecular formula is C17H15BrN4O4S. The van der Waals surface area contributed by atoms with Crippen molar-refractivity contribution < 1.29 is 17.9 Å². The summed E-state index contributed by atoms with van der Waals surface area (Å²) in [7, 11) is -0.867. The number of fused-ring (bicyclic) bond motifs is 1. The molecule has 0 unspecified atom stereocenters. The van der Waals surface area contributed by atoms with Crippen LogP contribution in [0.25, 0.3) is 22.5 Å². The lowest BCUT2D eigenvalue weighted by Crippen LogP contribution is -2.29. The molecule has 0 N–H and O–H groups in total. The lowest BCUT2D eigenvalue weighted by Gasteiger charge is -2.10. The monoisotopic (exact) mass is 450 g/mol. The molecule has 0 bridgehead atoms. The average molecular weight is 451 g/mol. The minimum Gasteiger partial charge on any atom is -0.454 e. The fraction of sp³-hybridized carbons (Fsp3) is 0.176. The van der Waals surface area contributed by atoms with E-state index in [1.807, 2.05) is 12.1 Å². The van der Waals surface area contributed by atoms with E-state index in [1.165, 1.54) is 20.3 Å². The molecule has 0 fully saturated rings. The molecule has 27 heavy (non-hydrogen) atoms. The lowest BCUT2D eigenvalue weighted by molar-refractivity contribution is 0.174. The van der Waals surface area contributed by atoms with Gasteiger partial charge in [0, 0.05) is 19.7 Å². The second-order valence-electron chi connectivity index (χ2n) is 5.97. The van der Waals surface area contributed by atoms with Crippen LogP contribution in [0.4, 0.5) is 0 Å². The Labute approximate surface area is 164 Å². The number of benzene rings is 1. The van der Waals surface area contributed by atoms with Crippen LogP contribution >= 0.6 is 15.9 Å².